The van der Waals surface area contributed by atoms with E-state index < -0.39 is 0 Å². The Morgan fingerprint density at radius 3 is 1.27 bits per heavy atom. The molecule has 0 radical (unpaired) electrons. The first-order chi connectivity index (χ1) is 19.6. The molecule has 0 spiro atoms. The third kappa shape index (κ3) is 8.66. The highest BCUT2D eigenvalue weighted by Crippen LogP contribution is 2.43. The zero-order valence-electron chi connectivity index (χ0n) is 26.8. The minimum atomic E-state index is 0.196. The quantitative estimate of drug-likeness (QED) is 0.260. The Bertz CT molecular complexity index is 834. The SMILES string of the molecule is CC(=N)CC(=O)N(C1CCCCC1)C1CCC(CC2CCC(N(C(=O)CC(C)=N)C3CCCCC3)C(C)C2)CC1C. The monoisotopic (exact) mass is 568 g/mol. The Hall–Kier alpha value is -1.72. The van der Waals surface area contributed by atoms with Crippen LogP contribution in [0.15, 0.2) is 0 Å². The van der Waals surface area contributed by atoms with Crippen LogP contribution in [0.3, 0.4) is 0 Å². The third-order valence-electron chi connectivity index (χ3n) is 11.2. The fourth-order valence-electron chi connectivity index (χ4n) is 9.38. The van der Waals surface area contributed by atoms with Gasteiger partial charge in [0.25, 0.3) is 0 Å². The van der Waals surface area contributed by atoms with Gasteiger partial charge >= 0.3 is 0 Å². The van der Waals surface area contributed by atoms with Crippen molar-refractivity contribution >= 4 is 23.2 Å². The molecule has 6 heteroatoms. The molecular weight excluding hydrogens is 508 g/mol. The summed E-state index contributed by atoms with van der Waals surface area (Å²) < 4.78 is 0. The van der Waals surface area contributed by atoms with Gasteiger partial charge in [0, 0.05) is 35.6 Å². The molecule has 0 saturated heterocycles. The van der Waals surface area contributed by atoms with Crippen molar-refractivity contribution < 1.29 is 9.59 Å². The van der Waals surface area contributed by atoms with Crippen LogP contribution in [0, 0.1) is 34.5 Å². The number of carbonyl (C=O) groups is 2. The second-order valence-corrected chi connectivity index (χ2v) is 14.8. The summed E-state index contributed by atoms with van der Waals surface area (Å²) in [6, 6.07) is 1.43. The number of hydrogen-bond acceptors (Lipinski definition) is 4. The molecule has 0 aromatic rings. The predicted molar refractivity (Wildman–Crippen MR) is 169 cm³/mol. The van der Waals surface area contributed by atoms with Crippen LogP contribution >= 0.6 is 0 Å². The molecule has 41 heavy (non-hydrogen) atoms. The highest BCUT2D eigenvalue weighted by atomic mass is 16.2. The van der Waals surface area contributed by atoms with E-state index in [4.69, 9.17) is 10.8 Å². The largest absolute Gasteiger partial charge is 0.336 e. The van der Waals surface area contributed by atoms with Gasteiger partial charge in [-0.2, -0.15) is 0 Å². The maximum Gasteiger partial charge on any atom is 0.228 e. The van der Waals surface area contributed by atoms with Crippen molar-refractivity contribution in [1.82, 2.24) is 9.80 Å². The molecular formula is C35H60N4O2. The van der Waals surface area contributed by atoms with Crippen LogP contribution in [0.2, 0.25) is 0 Å². The summed E-state index contributed by atoms with van der Waals surface area (Å²) in [6.45, 7) is 8.31. The van der Waals surface area contributed by atoms with E-state index in [1.807, 2.05) is 0 Å². The van der Waals surface area contributed by atoms with Crippen LogP contribution in [-0.2, 0) is 9.59 Å². The molecule has 4 aliphatic carbocycles. The summed E-state index contributed by atoms with van der Waals surface area (Å²) in [4.78, 5) is 31.3. The highest BCUT2D eigenvalue weighted by molar-refractivity contribution is 5.99. The highest BCUT2D eigenvalue weighted by Gasteiger charge is 2.41. The minimum Gasteiger partial charge on any atom is -0.336 e. The Labute approximate surface area is 250 Å². The van der Waals surface area contributed by atoms with Crippen molar-refractivity contribution in [3.8, 4) is 0 Å². The van der Waals surface area contributed by atoms with Gasteiger partial charge in [0.1, 0.15) is 0 Å². The lowest BCUT2D eigenvalue weighted by molar-refractivity contribution is -0.139. The second kappa shape index (κ2) is 15.1. The summed E-state index contributed by atoms with van der Waals surface area (Å²) in [5, 5.41) is 15.9. The summed E-state index contributed by atoms with van der Waals surface area (Å²) in [5.74, 6) is 2.90. The van der Waals surface area contributed by atoms with Crippen molar-refractivity contribution in [2.75, 3.05) is 0 Å². The van der Waals surface area contributed by atoms with E-state index in [0.29, 0.717) is 47.4 Å². The van der Waals surface area contributed by atoms with Gasteiger partial charge in [-0.25, -0.2) is 0 Å². The zero-order chi connectivity index (χ0) is 29.5. The number of nitrogens with zero attached hydrogens (tertiary/aromatic N) is 2. The summed E-state index contributed by atoms with van der Waals surface area (Å²) in [7, 11) is 0. The Balaban J connectivity index is 1.34. The van der Waals surface area contributed by atoms with Crippen molar-refractivity contribution in [1.29, 1.82) is 10.8 Å². The van der Waals surface area contributed by atoms with Gasteiger partial charge < -0.3 is 20.6 Å². The van der Waals surface area contributed by atoms with Gasteiger partial charge in [-0.3, -0.25) is 9.59 Å². The maximum absolute atomic E-state index is 13.4. The maximum atomic E-state index is 13.4. The fraction of sp³-hybridized carbons (Fsp3) is 0.886. The lowest BCUT2D eigenvalue weighted by Gasteiger charge is -2.48. The number of hydrogen-bond donors (Lipinski definition) is 2. The molecule has 6 atom stereocenters. The molecule has 0 heterocycles. The molecule has 4 rings (SSSR count). The lowest BCUT2D eigenvalue weighted by atomic mass is 9.69. The molecule has 4 aliphatic rings. The van der Waals surface area contributed by atoms with Crippen LogP contribution in [0.1, 0.15) is 150 Å². The molecule has 0 aromatic heterocycles. The number of amides is 2. The molecule has 0 aromatic carbocycles. The van der Waals surface area contributed by atoms with Gasteiger partial charge in [0.2, 0.25) is 11.8 Å². The van der Waals surface area contributed by atoms with E-state index in [0.717, 1.165) is 50.4 Å². The Morgan fingerprint density at radius 2 is 0.951 bits per heavy atom. The molecule has 0 bridgehead atoms. The average Bonchev–Trinajstić information content (AvgIpc) is 2.92. The number of nitrogens with one attached hydrogen (secondary N) is 2. The first-order valence-corrected chi connectivity index (χ1v) is 17.3. The van der Waals surface area contributed by atoms with Gasteiger partial charge in [0.05, 0.1) is 12.8 Å². The average molecular weight is 569 g/mol. The van der Waals surface area contributed by atoms with Crippen molar-refractivity contribution in [3.05, 3.63) is 0 Å². The summed E-state index contributed by atoms with van der Waals surface area (Å²) >= 11 is 0. The van der Waals surface area contributed by atoms with Gasteiger partial charge in [0.15, 0.2) is 0 Å². The number of rotatable bonds is 10. The topological polar surface area (TPSA) is 88.3 Å². The molecule has 2 N–H and O–H groups in total. The van der Waals surface area contributed by atoms with E-state index in [1.54, 1.807) is 13.8 Å². The normalized spacial score (nSPS) is 31.8. The molecule has 6 unspecified atom stereocenters. The van der Waals surface area contributed by atoms with Crippen molar-refractivity contribution in [2.24, 2.45) is 23.7 Å². The molecule has 2 amide bonds. The van der Waals surface area contributed by atoms with E-state index >= 15 is 0 Å². The fourth-order valence-corrected chi connectivity index (χ4v) is 9.38. The van der Waals surface area contributed by atoms with Crippen LogP contribution in [0.4, 0.5) is 0 Å². The molecule has 232 valence electrons. The standard InChI is InChI=1S/C35H60N4O2/c1-24-19-28(15-17-32(24)38(34(40)21-26(3)36)30-11-7-5-8-12-30)23-29-16-18-33(25(2)20-29)39(35(41)22-27(4)37)31-13-9-6-10-14-31/h24-25,28-33,36-37H,5-23H2,1-4H3. The Morgan fingerprint density at radius 1 is 0.585 bits per heavy atom. The molecule has 6 nitrogen and oxygen atoms in total. The predicted octanol–water partition coefficient (Wildman–Crippen LogP) is 8.17. The second-order valence-electron chi connectivity index (χ2n) is 14.8. The zero-order valence-corrected chi connectivity index (χ0v) is 26.8. The summed E-state index contributed by atoms with van der Waals surface area (Å²) in [6.07, 6.45) is 21.0. The van der Waals surface area contributed by atoms with Crippen LogP contribution < -0.4 is 0 Å². The summed E-state index contributed by atoms with van der Waals surface area (Å²) in [5.41, 5.74) is 0.970. The van der Waals surface area contributed by atoms with Gasteiger partial charge in [-0.15, -0.1) is 0 Å². The molecule has 4 fully saturated rings. The van der Waals surface area contributed by atoms with Crippen LogP contribution in [0.5, 0.6) is 0 Å². The Kier molecular flexibility index (Phi) is 11.9. The minimum absolute atomic E-state index is 0.196. The third-order valence-corrected chi connectivity index (χ3v) is 11.2. The van der Waals surface area contributed by atoms with E-state index in [2.05, 4.69) is 23.6 Å². The molecule has 0 aliphatic heterocycles. The first-order valence-electron chi connectivity index (χ1n) is 17.3. The van der Waals surface area contributed by atoms with E-state index in [-0.39, 0.29) is 24.7 Å². The van der Waals surface area contributed by atoms with Crippen LogP contribution in [-0.4, -0.2) is 57.2 Å². The van der Waals surface area contributed by atoms with Crippen molar-refractivity contribution in [2.45, 2.75) is 174 Å². The first kappa shape index (κ1) is 32.2. The van der Waals surface area contributed by atoms with Crippen molar-refractivity contribution in [3.63, 3.8) is 0 Å². The molecule has 4 saturated carbocycles. The van der Waals surface area contributed by atoms with Crippen LogP contribution in [0.25, 0.3) is 0 Å². The van der Waals surface area contributed by atoms with Gasteiger partial charge in [-0.1, -0.05) is 52.4 Å². The lowest BCUT2D eigenvalue weighted by Crippen LogP contribution is -2.53. The smallest absolute Gasteiger partial charge is 0.228 e. The number of carbonyl (C=O) groups excluding carboxylic acids is 2. The van der Waals surface area contributed by atoms with E-state index in [1.165, 1.54) is 70.6 Å². The van der Waals surface area contributed by atoms with Gasteiger partial charge in [-0.05, 0) is 108 Å². The van der Waals surface area contributed by atoms with E-state index in [9.17, 15) is 9.59 Å².